The summed E-state index contributed by atoms with van der Waals surface area (Å²) in [6.45, 7) is 1.26. The number of hydrogen-bond acceptors (Lipinski definition) is 6. The van der Waals surface area contributed by atoms with E-state index in [4.69, 9.17) is 0 Å². The van der Waals surface area contributed by atoms with Crippen LogP contribution in [-0.2, 0) is 7.05 Å². The monoisotopic (exact) mass is 302 g/mol. The van der Waals surface area contributed by atoms with Gasteiger partial charge >= 0.3 is 0 Å². The minimum atomic E-state index is -0.974. The standard InChI is InChI=1S/C14H18N6O2/c1-19-7-5-17-12(19)13(21)18-9-14(22)2-6-20(10-14)11-8-15-3-4-16-11/h3-5,7-8,22H,2,6,9-10H2,1H3,(H,18,21). The third-order valence-electron chi connectivity index (χ3n) is 3.81. The molecule has 3 rings (SSSR count). The molecule has 116 valence electrons. The summed E-state index contributed by atoms with van der Waals surface area (Å²) in [5, 5.41) is 13.4. The van der Waals surface area contributed by atoms with Gasteiger partial charge in [0.2, 0.25) is 0 Å². The maximum atomic E-state index is 12.0. The Morgan fingerprint density at radius 2 is 2.27 bits per heavy atom. The summed E-state index contributed by atoms with van der Waals surface area (Å²) < 4.78 is 1.64. The van der Waals surface area contributed by atoms with Crippen molar-refractivity contribution in [2.75, 3.05) is 24.5 Å². The molecule has 0 aromatic carbocycles. The number of β-amino-alcohol motifs (C(OH)–C–C–N with tert-alkyl or cyclic N) is 1. The molecule has 3 heterocycles. The molecule has 0 radical (unpaired) electrons. The molecule has 1 fully saturated rings. The first-order chi connectivity index (χ1) is 10.6. The van der Waals surface area contributed by atoms with E-state index in [1.54, 1.807) is 42.6 Å². The normalized spacial score (nSPS) is 21.1. The maximum absolute atomic E-state index is 12.0. The van der Waals surface area contributed by atoms with Gasteiger partial charge in [0.15, 0.2) is 5.82 Å². The third-order valence-corrected chi connectivity index (χ3v) is 3.81. The van der Waals surface area contributed by atoms with Crippen molar-refractivity contribution in [1.29, 1.82) is 0 Å². The molecule has 1 aliphatic rings. The zero-order chi connectivity index (χ0) is 15.6. The van der Waals surface area contributed by atoms with E-state index >= 15 is 0 Å². The Morgan fingerprint density at radius 3 is 2.95 bits per heavy atom. The van der Waals surface area contributed by atoms with Gasteiger partial charge in [-0.25, -0.2) is 9.97 Å². The number of carbonyl (C=O) groups excluding carboxylic acids is 1. The molecule has 2 N–H and O–H groups in total. The second-order valence-corrected chi connectivity index (χ2v) is 5.50. The zero-order valence-corrected chi connectivity index (χ0v) is 12.3. The number of carbonyl (C=O) groups is 1. The van der Waals surface area contributed by atoms with Gasteiger partial charge < -0.3 is 19.9 Å². The summed E-state index contributed by atoms with van der Waals surface area (Å²) in [6.07, 6.45) is 8.72. The lowest BCUT2D eigenvalue weighted by molar-refractivity contribution is 0.0571. The first kappa shape index (κ1) is 14.5. The van der Waals surface area contributed by atoms with E-state index in [0.717, 1.165) is 5.82 Å². The molecule has 2 aromatic heterocycles. The van der Waals surface area contributed by atoms with Crippen molar-refractivity contribution >= 4 is 11.7 Å². The first-order valence-electron chi connectivity index (χ1n) is 7.06. The van der Waals surface area contributed by atoms with Crippen LogP contribution in [-0.4, -0.2) is 55.8 Å². The van der Waals surface area contributed by atoms with Crippen molar-refractivity contribution in [3.63, 3.8) is 0 Å². The highest BCUT2D eigenvalue weighted by atomic mass is 16.3. The summed E-state index contributed by atoms with van der Waals surface area (Å²) in [5.41, 5.74) is -0.974. The van der Waals surface area contributed by atoms with Gasteiger partial charge in [0.1, 0.15) is 11.4 Å². The van der Waals surface area contributed by atoms with Crippen molar-refractivity contribution in [1.82, 2.24) is 24.8 Å². The highest BCUT2D eigenvalue weighted by Crippen LogP contribution is 2.24. The Hall–Kier alpha value is -2.48. The average Bonchev–Trinajstić information content (AvgIpc) is 3.13. The Bertz CT molecular complexity index is 658. The van der Waals surface area contributed by atoms with Gasteiger partial charge in [-0.1, -0.05) is 0 Å². The molecule has 2 aromatic rings. The van der Waals surface area contributed by atoms with Crippen LogP contribution in [0.4, 0.5) is 5.82 Å². The number of hydrogen-bond donors (Lipinski definition) is 2. The summed E-state index contributed by atoms with van der Waals surface area (Å²) in [5.74, 6) is 0.764. The molecule has 1 amide bonds. The van der Waals surface area contributed by atoms with E-state index in [9.17, 15) is 9.90 Å². The number of rotatable bonds is 4. The molecule has 8 heteroatoms. The molecule has 8 nitrogen and oxygen atoms in total. The lowest BCUT2D eigenvalue weighted by atomic mass is 10.0. The Kier molecular flexibility index (Phi) is 3.76. The van der Waals surface area contributed by atoms with Crippen molar-refractivity contribution in [2.45, 2.75) is 12.0 Å². The molecule has 0 aliphatic carbocycles. The predicted octanol–water partition coefficient (Wildman–Crippen LogP) is -0.419. The number of anilines is 1. The summed E-state index contributed by atoms with van der Waals surface area (Å²) >= 11 is 0. The van der Waals surface area contributed by atoms with Crippen LogP contribution in [0.1, 0.15) is 17.0 Å². The molecule has 0 bridgehead atoms. The van der Waals surface area contributed by atoms with Gasteiger partial charge in [-0.05, 0) is 6.42 Å². The van der Waals surface area contributed by atoms with E-state index in [1.165, 1.54) is 0 Å². The number of aliphatic hydroxyl groups is 1. The van der Waals surface area contributed by atoms with Crippen molar-refractivity contribution in [3.05, 3.63) is 36.8 Å². The van der Waals surface area contributed by atoms with E-state index in [0.29, 0.717) is 25.3 Å². The van der Waals surface area contributed by atoms with Gasteiger partial charge in [-0.15, -0.1) is 0 Å². The predicted molar refractivity (Wildman–Crippen MR) is 79.4 cm³/mol. The van der Waals surface area contributed by atoms with E-state index in [1.807, 2.05) is 4.90 Å². The Morgan fingerprint density at radius 1 is 1.41 bits per heavy atom. The number of aryl methyl sites for hydroxylation is 1. The number of aromatic nitrogens is 4. The van der Waals surface area contributed by atoms with Crippen molar-refractivity contribution in [2.24, 2.45) is 7.05 Å². The van der Waals surface area contributed by atoms with Crippen molar-refractivity contribution < 1.29 is 9.90 Å². The van der Waals surface area contributed by atoms with E-state index in [2.05, 4.69) is 20.3 Å². The molecule has 1 aliphatic heterocycles. The van der Waals surface area contributed by atoms with Gasteiger partial charge in [-0.2, -0.15) is 0 Å². The summed E-state index contributed by atoms with van der Waals surface area (Å²) in [7, 11) is 1.75. The van der Waals surface area contributed by atoms with Gasteiger partial charge in [0.05, 0.1) is 6.20 Å². The lowest BCUT2D eigenvalue weighted by Crippen LogP contribution is -2.45. The number of nitrogens with one attached hydrogen (secondary N) is 1. The second kappa shape index (κ2) is 5.72. The fourth-order valence-electron chi connectivity index (χ4n) is 2.56. The van der Waals surface area contributed by atoms with E-state index in [-0.39, 0.29) is 12.5 Å². The zero-order valence-electron chi connectivity index (χ0n) is 12.3. The number of nitrogens with zero attached hydrogens (tertiary/aromatic N) is 5. The smallest absolute Gasteiger partial charge is 0.287 e. The molecular formula is C14H18N6O2. The number of imidazole rings is 1. The fraction of sp³-hybridized carbons (Fsp3) is 0.429. The SMILES string of the molecule is Cn1ccnc1C(=O)NCC1(O)CCN(c2cnccn2)C1. The topological polar surface area (TPSA) is 96.2 Å². The van der Waals surface area contributed by atoms with Gasteiger partial charge in [-0.3, -0.25) is 9.78 Å². The van der Waals surface area contributed by atoms with Crippen LogP contribution in [0.15, 0.2) is 31.0 Å². The largest absolute Gasteiger partial charge is 0.386 e. The lowest BCUT2D eigenvalue weighted by Gasteiger charge is -2.24. The van der Waals surface area contributed by atoms with Gasteiger partial charge in [0.25, 0.3) is 5.91 Å². The van der Waals surface area contributed by atoms with E-state index < -0.39 is 5.60 Å². The van der Waals surface area contributed by atoms with Crippen LogP contribution in [0, 0.1) is 0 Å². The van der Waals surface area contributed by atoms with Gasteiger partial charge in [0, 0.05) is 51.5 Å². The highest BCUT2D eigenvalue weighted by molar-refractivity contribution is 5.90. The van der Waals surface area contributed by atoms with Crippen LogP contribution < -0.4 is 10.2 Å². The third kappa shape index (κ3) is 2.91. The van der Waals surface area contributed by atoms with Crippen LogP contribution in [0.2, 0.25) is 0 Å². The maximum Gasteiger partial charge on any atom is 0.287 e. The Balaban J connectivity index is 1.59. The second-order valence-electron chi connectivity index (χ2n) is 5.50. The Labute approximate surface area is 127 Å². The molecule has 22 heavy (non-hydrogen) atoms. The van der Waals surface area contributed by atoms with Crippen LogP contribution in [0.3, 0.4) is 0 Å². The first-order valence-corrected chi connectivity index (χ1v) is 7.06. The minimum absolute atomic E-state index is 0.176. The molecule has 0 saturated carbocycles. The minimum Gasteiger partial charge on any atom is -0.386 e. The average molecular weight is 302 g/mol. The van der Waals surface area contributed by atoms with Crippen molar-refractivity contribution in [3.8, 4) is 0 Å². The summed E-state index contributed by atoms with van der Waals surface area (Å²) in [4.78, 5) is 26.2. The molecule has 1 saturated heterocycles. The molecule has 1 atom stereocenters. The molecule has 1 unspecified atom stereocenters. The van der Waals surface area contributed by atoms with Crippen LogP contribution >= 0.6 is 0 Å². The van der Waals surface area contributed by atoms with Crippen LogP contribution in [0.25, 0.3) is 0 Å². The summed E-state index contributed by atoms with van der Waals surface area (Å²) in [6, 6.07) is 0. The molecular weight excluding hydrogens is 284 g/mol. The fourth-order valence-corrected chi connectivity index (χ4v) is 2.56. The molecule has 0 spiro atoms. The number of amides is 1. The quantitative estimate of drug-likeness (QED) is 0.796. The van der Waals surface area contributed by atoms with Crippen LogP contribution in [0.5, 0.6) is 0 Å². The highest BCUT2D eigenvalue weighted by Gasteiger charge is 2.37.